The zero-order valence-corrected chi connectivity index (χ0v) is 17.4. The summed E-state index contributed by atoms with van der Waals surface area (Å²) in [6.45, 7) is 4.21. The third-order valence-corrected chi connectivity index (χ3v) is 5.94. The lowest BCUT2D eigenvalue weighted by Crippen LogP contribution is -1.95. The summed E-state index contributed by atoms with van der Waals surface area (Å²) in [5.41, 5.74) is 8.43. The Labute approximate surface area is 187 Å². The van der Waals surface area contributed by atoms with Gasteiger partial charge in [-0.15, -0.1) is 0 Å². The summed E-state index contributed by atoms with van der Waals surface area (Å²) in [6, 6.07) is 30.9. The monoisotopic (exact) mass is 412 g/mol. The molecule has 6 rings (SSSR count). The first-order valence-corrected chi connectivity index (χ1v) is 10.6. The molecule has 2 heterocycles. The summed E-state index contributed by atoms with van der Waals surface area (Å²) in [6.07, 6.45) is 5.90. The van der Waals surface area contributed by atoms with Gasteiger partial charge in [-0.3, -0.25) is 0 Å². The Bertz CT molecular complexity index is 1440. The molecule has 152 valence electrons. The fourth-order valence-corrected chi connectivity index (χ4v) is 4.30. The SMILES string of the molecule is C=C1/C=C\C(c2ccc3c(c2)-c2ccccc2-c2ccccc2O3)=C/Oc2ccccc21. The fraction of sp³-hybridized carbons (Fsp3) is 0. The average molecular weight is 412 g/mol. The lowest BCUT2D eigenvalue weighted by atomic mass is 9.92. The molecule has 32 heavy (non-hydrogen) atoms. The second kappa shape index (κ2) is 7.44. The lowest BCUT2D eigenvalue weighted by molar-refractivity contribution is 0.481. The van der Waals surface area contributed by atoms with Crippen molar-refractivity contribution >= 4 is 11.1 Å². The van der Waals surface area contributed by atoms with Gasteiger partial charge in [-0.2, -0.15) is 0 Å². The molecule has 2 heteroatoms. The molecule has 0 N–H and O–H groups in total. The largest absolute Gasteiger partial charge is 0.464 e. The van der Waals surface area contributed by atoms with Crippen LogP contribution in [0.1, 0.15) is 11.1 Å². The van der Waals surface area contributed by atoms with Crippen molar-refractivity contribution in [3.05, 3.63) is 127 Å². The Balaban J connectivity index is 1.49. The quantitative estimate of drug-likeness (QED) is 0.277. The standard InChI is InChI=1S/C30H20O2/c1-20-14-15-22(19-31-28-12-6-4-8-23(20)28)21-16-17-30-27(18-21)25-10-3-2-9-24(25)26-11-5-7-13-29(26)32-30/h2-19H,1H2/b15-14-,22-19+. The summed E-state index contributed by atoms with van der Waals surface area (Å²) in [5, 5.41) is 0. The highest BCUT2D eigenvalue weighted by Gasteiger charge is 2.21. The van der Waals surface area contributed by atoms with E-state index in [1.165, 1.54) is 5.56 Å². The van der Waals surface area contributed by atoms with Gasteiger partial charge in [0.1, 0.15) is 17.2 Å². The third kappa shape index (κ3) is 3.05. The number of ether oxygens (including phenoxy) is 2. The second-order valence-corrected chi connectivity index (χ2v) is 7.90. The van der Waals surface area contributed by atoms with Gasteiger partial charge >= 0.3 is 0 Å². The number of rotatable bonds is 1. The van der Waals surface area contributed by atoms with E-state index in [9.17, 15) is 0 Å². The molecule has 2 aliphatic heterocycles. The van der Waals surface area contributed by atoms with Gasteiger partial charge in [0, 0.05) is 22.3 Å². The molecule has 0 atom stereocenters. The molecule has 0 amide bonds. The molecule has 0 aliphatic carbocycles. The van der Waals surface area contributed by atoms with Gasteiger partial charge in [-0.1, -0.05) is 85.5 Å². The van der Waals surface area contributed by atoms with Crippen molar-refractivity contribution in [2.24, 2.45) is 0 Å². The molecule has 2 aliphatic rings. The molecule has 0 saturated carbocycles. The Morgan fingerprint density at radius 1 is 0.531 bits per heavy atom. The van der Waals surface area contributed by atoms with Crippen molar-refractivity contribution < 1.29 is 9.47 Å². The Morgan fingerprint density at radius 2 is 1.16 bits per heavy atom. The maximum Gasteiger partial charge on any atom is 0.135 e. The molecule has 4 aromatic rings. The Morgan fingerprint density at radius 3 is 1.97 bits per heavy atom. The summed E-state index contributed by atoms with van der Waals surface area (Å²) < 4.78 is 12.4. The molecule has 2 nitrogen and oxygen atoms in total. The number of para-hydroxylation sites is 2. The van der Waals surface area contributed by atoms with Crippen molar-refractivity contribution in [3.63, 3.8) is 0 Å². The molecule has 0 saturated heterocycles. The number of benzene rings is 4. The predicted molar refractivity (Wildman–Crippen MR) is 131 cm³/mol. The van der Waals surface area contributed by atoms with Crippen LogP contribution in [0.25, 0.3) is 33.4 Å². The normalized spacial score (nSPS) is 16.2. The maximum atomic E-state index is 6.35. The minimum atomic E-state index is 0.804. The van der Waals surface area contributed by atoms with Gasteiger partial charge in [0.25, 0.3) is 0 Å². The van der Waals surface area contributed by atoms with Gasteiger partial charge in [-0.05, 0) is 46.5 Å². The minimum absolute atomic E-state index is 0.804. The van der Waals surface area contributed by atoms with Crippen LogP contribution < -0.4 is 9.47 Å². The van der Waals surface area contributed by atoms with E-state index >= 15 is 0 Å². The van der Waals surface area contributed by atoms with E-state index < -0.39 is 0 Å². The van der Waals surface area contributed by atoms with Gasteiger partial charge in [-0.25, -0.2) is 0 Å². The topological polar surface area (TPSA) is 18.5 Å². The first-order chi connectivity index (χ1) is 15.8. The number of hydrogen-bond acceptors (Lipinski definition) is 2. The molecule has 0 radical (unpaired) electrons. The molecular formula is C30H20O2. The van der Waals surface area contributed by atoms with Crippen LogP contribution in [0.4, 0.5) is 0 Å². The lowest BCUT2D eigenvalue weighted by Gasteiger charge is -2.15. The fourth-order valence-electron chi connectivity index (χ4n) is 4.30. The molecular weight excluding hydrogens is 392 g/mol. The zero-order chi connectivity index (χ0) is 21.5. The molecule has 0 spiro atoms. The van der Waals surface area contributed by atoms with Crippen molar-refractivity contribution in [3.8, 4) is 39.5 Å². The van der Waals surface area contributed by atoms with Crippen LogP contribution in [0.2, 0.25) is 0 Å². The minimum Gasteiger partial charge on any atom is -0.464 e. The Kier molecular flexibility index (Phi) is 4.29. The number of allylic oxidation sites excluding steroid dienone is 4. The molecule has 0 fully saturated rings. The van der Waals surface area contributed by atoms with Crippen LogP contribution in [0.3, 0.4) is 0 Å². The molecule has 0 unspecified atom stereocenters. The van der Waals surface area contributed by atoms with Gasteiger partial charge in [0.2, 0.25) is 0 Å². The van der Waals surface area contributed by atoms with Crippen molar-refractivity contribution in [2.45, 2.75) is 0 Å². The van der Waals surface area contributed by atoms with E-state index in [4.69, 9.17) is 9.47 Å². The van der Waals surface area contributed by atoms with Crippen LogP contribution in [0.5, 0.6) is 17.2 Å². The number of fused-ring (bicyclic) bond motifs is 6. The van der Waals surface area contributed by atoms with Gasteiger partial charge in [0.15, 0.2) is 0 Å². The zero-order valence-electron chi connectivity index (χ0n) is 17.4. The van der Waals surface area contributed by atoms with E-state index in [-0.39, 0.29) is 0 Å². The van der Waals surface area contributed by atoms with E-state index in [1.807, 2.05) is 60.9 Å². The highest BCUT2D eigenvalue weighted by atomic mass is 16.5. The van der Waals surface area contributed by atoms with Crippen molar-refractivity contribution in [1.29, 1.82) is 0 Å². The molecule has 0 bridgehead atoms. The average Bonchev–Trinajstić information content (AvgIpc) is 2.97. The van der Waals surface area contributed by atoms with Crippen LogP contribution in [-0.4, -0.2) is 0 Å². The van der Waals surface area contributed by atoms with E-state index in [1.54, 1.807) is 0 Å². The van der Waals surface area contributed by atoms with Crippen LogP contribution in [0.15, 0.2) is 116 Å². The van der Waals surface area contributed by atoms with Crippen LogP contribution in [0, 0.1) is 0 Å². The van der Waals surface area contributed by atoms with E-state index in [0.29, 0.717) is 0 Å². The summed E-state index contributed by atoms with van der Waals surface area (Å²) >= 11 is 0. The summed E-state index contributed by atoms with van der Waals surface area (Å²) in [5.74, 6) is 2.52. The van der Waals surface area contributed by atoms with Crippen LogP contribution in [-0.2, 0) is 0 Å². The van der Waals surface area contributed by atoms with E-state index in [2.05, 4.69) is 55.1 Å². The molecule has 4 aromatic carbocycles. The predicted octanol–water partition coefficient (Wildman–Crippen LogP) is 8.13. The smallest absolute Gasteiger partial charge is 0.135 e. The van der Waals surface area contributed by atoms with Gasteiger partial charge < -0.3 is 9.47 Å². The first kappa shape index (κ1) is 18.5. The summed E-state index contributed by atoms with van der Waals surface area (Å²) in [4.78, 5) is 0. The van der Waals surface area contributed by atoms with Gasteiger partial charge in [0.05, 0.1) is 6.26 Å². The number of hydrogen-bond donors (Lipinski definition) is 0. The maximum absolute atomic E-state index is 6.35. The van der Waals surface area contributed by atoms with E-state index in [0.717, 1.165) is 56.2 Å². The van der Waals surface area contributed by atoms with Crippen molar-refractivity contribution in [2.75, 3.05) is 0 Å². The summed E-state index contributed by atoms with van der Waals surface area (Å²) in [7, 11) is 0. The second-order valence-electron chi connectivity index (χ2n) is 7.90. The Hall–Kier alpha value is -4.30. The molecule has 0 aromatic heterocycles. The van der Waals surface area contributed by atoms with Crippen LogP contribution >= 0.6 is 0 Å². The highest BCUT2D eigenvalue weighted by Crippen LogP contribution is 2.47. The van der Waals surface area contributed by atoms with Crippen molar-refractivity contribution in [1.82, 2.24) is 0 Å². The first-order valence-electron chi connectivity index (χ1n) is 10.6. The highest BCUT2D eigenvalue weighted by molar-refractivity contribution is 5.92. The third-order valence-electron chi connectivity index (χ3n) is 5.94.